The number of carbonyl (C=O) groups is 1. The number of allylic oxidation sites excluding steroid dienone is 1. The number of amides is 1. The zero-order valence-electron chi connectivity index (χ0n) is 11.4. The molecule has 1 aliphatic heterocycles. The third-order valence-corrected chi connectivity index (χ3v) is 5.48. The van der Waals surface area contributed by atoms with E-state index >= 15 is 0 Å². The summed E-state index contributed by atoms with van der Waals surface area (Å²) >= 11 is 0. The number of hydrogen-bond acceptors (Lipinski definition) is 3. The molecule has 18 heavy (non-hydrogen) atoms. The fourth-order valence-electron chi connectivity index (χ4n) is 2.01. The van der Waals surface area contributed by atoms with Crippen LogP contribution >= 0.6 is 0 Å². The van der Waals surface area contributed by atoms with E-state index in [1.807, 2.05) is 0 Å². The summed E-state index contributed by atoms with van der Waals surface area (Å²) in [6, 6.07) is 0. The van der Waals surface area contributed by atoms with E-state index in [1.54, 1.807) is 24.0 Å². The average Bonchev–Trinajstić information content (AvgIpc) is 2.35. The first kappa shape index (κ1) is 15.2. The predicted octanol–water partition coefficient (Wildman–Crippen LogP) is 1.62. The third-order valence-electron chi connectivity index (χ3n) is 3.55. The lowest BCUT2D eigenvalue weighted by Gasteiger charge is -2.32. The van der Waals surface area contributed by atoms with Crippen molar-refractivity contribution < 1.29 is 13.2 Å². The molecule has 5 heteroatoms. The molecule has 104 valence electrons. The monoisotopic (exact) mass is 273 g/mol. The van der Waals surface area contributed by atoms with Gasteiger partial charge in [0.15, 0.2) is 9.84 Å². The Hall–Kier alpha value is -0.840. The van der Waals surface area contributed by atoms with Gasteiger partial charge in [-0.3, -0.25) is 4.79 Å². The van der Waals surface area contributed by atoms with Gasteiger partial charge in [0.05, 0.1) is 5.75 Å². The molecule has 0 N–H and O–H groups in total. The highest BCUT2D eigenvalue weighted by Crippen LogP contribution is 2.18. The first-order chi connectivity index (χ1) is 8.38. The summed E-state index contributed by atoms with van der Waals surface area (Å²) < 4.78 is 23.9. The number of rotatable bonds is 4. The number of nitrogens with zero attached hydrogens (tertiary/aromatic N) is 1. The second-order valence-corrected chi connectivity index (χ2v) is 7.41. The van der Waals surface area contributed by atoms with E-state index in [-0.39, 0.29) is 11.7 Å². The summed E-state index contributed by atoms with van der Waals surface area (Å²) in [5.74, 6) is 0.330. The Labute approximate surface area is 110 Å². The summed E-state index contributed by atoms with van der Waals surface area (Å²) in [6.07, 6.45) is 5.20. The van der Waals surface area contributed by atoms with Gasteiger partial charge in [-0.05, 0) is 32.6 Å². The number of sulfone groups is 1. The molecule has 0 saturated carbocycles. The highest BCUT2D eigenvalue weighted by Gasteiger charge is 2.32. The lowest BCUT2D eigenvalue weighted by Crippen LogP contribution is -2.45. The minimum Gasteiger partial charge on any atom is -0.342 e. The fraction of sp³-hybridized carbons (Fsp3) is 0.769. The van der Waals surface area contributed by atoms with Crippen molar-refractivity contribution in [2.24, 2.45) is 5.92 Å². The Kier molecular flexibility index (Phi) is 5.38. The molecule has 1 aliphatic rings. The zero-order valence-corrected chi connectivity index (χ0v) is 12.2. The van der Waals surface area contributed by atoms with E-state index < -0.39 is 15.1 Å². The van der Waals surface area contributed by atoms with Crippen molar-refractivity contribution >= 4 is 15.7 Å². The van der Waals surface area contributed by atoms with E-state index in [9.17, 15) is 13.2 Å². The number of hydrogen-bond donors (Lipinski definition) is 0. The Morgan fingerprint density at radius 1 is 1.39 bits per heavy atom. The van der Waals surface area contributed by atoms with Crippen molar-refractivity contribution in [3.05, 3.63) is 12.2 Å². The van der Waals surface area contributed by atoms with Crippen LogP contribution in [0, 0.1) is 5.92 Å². The van der Waals surface area contributed by atoms with Crippen molar-refractivity contribution in [2.75, 3.05) is 18.8 Å². The molecule has 0 aromatic heterocycles. The van der Waals surface area contributed by atoms with Gasteiger partial charge in [-0.2, -0.15) is 0 Å². The first-order valence-electron chi connectivity index (χ1n) is 6.50. The number of piperidine rings is 1. The quantitative estimate of drug-likeness (QED) is 0.731. The van der Waals surface area contributed by atoms with Gasteiger partial charge in [0, 0.05) is 13.1 Å². The van der Waals surface area contributed by atoms with Gasteiger partial charge < -0.3 is 4.90 Å². The van der Waals surface area contributed by atoms with Gasteiger partial charge >= 0.3 is 0 Å². The average molecular weight is 273 g/mol. The van der Waals surface area contributed by atoms with Gasteiger partial charge in [0.2, 0.25) is 5.91 Å². The van der Waals surface area contributed by atoms with E-state index in [2.05, 4.69) is 6.92 Å². The largest absolute Gasteiger partial charge is 0.342 e. The van der Waals surface area contributed by atoms with Crippen molar-refractivity contribution in [1.82, 2.24) is 4.90 Å². The Morgan fingerprint density at radius 2 is 1.94 bits per heavy atom. The molecule has 0 aromatic carbocycles. The smallest absolute Gasteiger partial charge is 0.240 e. The minimum atomic E-state index is -3.36. The Balaban J connectivity index is 2.66. The maximum Gasteiger partial charge on any atom is 0.240 e. The van der Waals surface area contributed by atoms with Crippen LogP contribution in [0.5, 0.6) is 0 Å². The van der Waals surface area contributed by atoms with Crippen LogP contribution in [0.1, 0.15) is 33.6 Å². The van der Waals surface area contributed by atoms with E-state index in [4.69, 9.17) is 0 Å². The van der Waals surface area contributed by atoms with Crippen LogP contribution in [0.3, 0.4) is 0 Å². The summed E-state index contributed by atoms with van der Waals surface area (Å²) in [5, 5.41) is -0.929. The molecule has 0 unspecified atom stereocenters. The van der Waals surface area contributed by atoms with E-state index in [0.717, 1.165) is 12.8 Å². The second-order valence-electron chi connectivity index (χ2n) is 5.05. The van der Waals surface area contributed by atoms with Crippen molar-refractivity contribution in [2.45, 2.75) is 38.9 Å². The number of likely N-dealkylation sites (tertiary alicyclic amines) is 1. The maximum absolute atomic E-state index is 12.1. The topological polar surface area (TPSA) is 54.5 Å². The van der Waals surface area contributed by atoms with Crippen LogP contribution in [-0.2, 0) is 14.6 Å². The summed E-state index contributed by atoms with van der Waals surface area (Å²) in [5.41, 5.74) is 0. The predicted molar refractivity (Wildman–Crippen MR) is 73.0 cm³/mol. The highest BCUT2D eigenvalue weighted by atomic mass is 32.2. The van der Waals surface area contributed by atoms with Crippen LogP contribution < -0.4 is 0 Å². The van der Waals surface area contributed by atoms with Gasteiger partial charge in [-0.15, -0.1) is 0 Å². The summed E-state index contributed by atoms with van der Waals surface area (Å²) in [6.45, 7) is 6.80. The van der Waals surface area contributed by atoms with E-state index in [1.165, 1.54) is 6.92 Å². The van der Waals surface area contributed by atoms with Crippen LogP contribution in [0.4, 0.5) is 0 Å². The molecule has 1 amide bonds. The fourth-order valence-corrected chi connectivity index (χ4v) is 3.22. The molecule has 0 spiro atoms. The van der Waals surface area contributed by atoms with Crippen LogP contribution in [0.25, 0.3) is 0 Å². The molecule has 1 atom stereocenters. The SMILES string of the molecule is C/C=C/CS(=O)(=O)[C@@H](C)C(=O)N1CCC(C)CC1. The summed E-state index contributed by atoms with van der Waals surface area (Å²) in [4.78, 5) is 13.8. The molecule has 0 bridgehead atoms. The first-order valence-corrected chi connectivity index (χ1v) is 8.21. The van der Waals surface area contributed by atoms with Gasteiger partial charge in [-0.1, -0.05) is 19.1 Å². The van der Waals surface area contributed by atoms with Crippen LogP contribution in [-0.4, -0.2) is 43.3 Å². The summed E-state index contributed by atoms with van der Waals surface area (Å²) in [7, 11) is -3.36. The lowest BCUT2D eigenvalue weighted by atomic mass is 9.99. The standard InChI is InChI=1S/C13H23NO3S/c1-4-5-10-18(16,17)12(3)13(15)14-8-6-11(2)7-9-14/h4-5,11-12H,6-10H2,1-3H3/b5-4+/t12-/m0/s1. The lowest BCUT2D eigenvalue weighted by molar-refractivity contribution is -0.131. The molecule has 1 rings (SSSR count). The zero-order chi connectivity index (χ0) is 13.8. The Bertz CT molecular complexity index is 406. The molecule has 1 fully saturated rings. The molecule has 1 heterocycles. The molecular weight excluding hydrogens is 250 g/mol. The van der Waals surface area contributed by atoms with Crippen LogP contribution in [0.15, 0.2) is 12.2 Å². The van der Waals surface area contributed by atoms with Crippen molar-refractivity contribution in [3.63, 3.8) is 0 Å². The van der Waals surface area contributed by atoms with Crippen molar-refractivity contribution in [3.8, 4) is 0 Å². The molecule has 4 nitrogen and oxygen atoms in total. The van der Waals surface area contributed by atoms with Gasteiger partial charge in [0.25, 0.3) is 0 Å². The third kappa shape index (κ3) is 3.83. The molecule has 0 radical (unpaired) electrons. The Morgan fingerprint density at radius 3 is 2.44 bits per heavy atom. The highest BCUT2D eigenvalue weighted by molar-refractivity contribution is 7.92. The number of carbonyl (C=O) groups excluding carboxylic acids is 1. The molecule has 0 aromatic rings. The molecule has 0 aliphatic carbocycles. The van der Waals surface area contributed by atoms with Gasteiger partial charge in [0.1, 0.15) is 5.25 Å². The maximum atomic E-state index is 12.1. The van der Waals surface area contributed by atoms with Gasteiger partial charge in [-0.25, -0.2) is 8.42 Å². The second kappa shape index (κ2) is 6.36. The molecular formula is C13H23NO3S. The van der Waals surface area contributed by atoms with Crippen molar-refractivity contribution in [1.29, 1.82) is 0 Å². The van der Waals surface area contributed by atoms with E-state index in [0.29, 0.717) is 19.0 Å². The molecule has 1 saturated heterocycles. The minimum absolute atomic E-state index is 0.0549. The normalized spacial score (nSPS) is 20.3. The van der Waals surface area contributed by atoms with Crippen LogP contribution in [0.2, 0.25) is 0 Å².